The summed E-state index contributed by atoms with van der Waals surface area (Å²) >= 11 is 0. The first-order chi connectivity index (χ1) is 10.1. The van der Waals surface area contributed by atoms with Crippen LogP contribution in [0.15, 0.2) is 0 Å². The molecule has 0 spiro atoms. The highest BCUT2D eigenvalue weighted by Crippen LogP contribution is 2.25. The molecule has 0 N–H and O–H groups in total. The van der Waals surface area contributed by atoms with Gasteiger partial charge in [0.05, 0.1) is 37.3 Å². The summed E-state index contributed by atoms with van der Waals surface area (Å²) in [5.41, 5.74) is 0. The van der Waals surface area contributed by atoms with Gasteiger partial charge in [-0.1, -0.05) is 50.9 Å². The third-order valence-electron chi connectivity index (χ3n) is 4.58. The van der Waals surface area contributed by atoms with Gasteiger partial charge in [-0.25, -0.2) is 8.42 Å². The highest BCUT2D eigenvalue weighted by molar-refractivity contribution is 7.85. The molecule has 4 nitrogen and oxygen atoms in total. The first kappa shape index (κ1) is 23.3. The molecule has 0 aliphatic heterocycles. The van der Waals surface area contributed by atoms with E-state index in [1.54, 1.807) is 0 Å². The molecule has 0 atom stereocenters. The van der Waals surface area contributed by atoms with E-state index >= 15 is 0 Å². The molecule has 0 rings (SSSR count). The van der Waals surface area contributed by atoms with Crippen LogP contribution in [0.4, 0.5) is 0 Å². The summed E-state index contributed by atoms with van der Waals surface area (Å²) in [6, 6.07) is 4.29. The fourth-order valence-corrected chi connectivity index (χ4v) is 10.4. The van der Waals surface area contributed by atoms with Crippen molar-refractivity contribution in [3.63, 3.8) is 0 Å². The molecule has 0 unspecified atom stereocenters. The van der Waals surface area contributed by atoms with E-state index in [-0.39, 0.29) is 5.75 Å². The second-order valence-electron chi connectivity index (χ2n) is 9.68. The fraction of sp³-hybridized carbons (Fsp3) is 1.00. The predicted octanol–water partition coefficient (Wildman–Crippen LogP) is 3.82. The van der Waals surface area contributed by atoms with Gasteiger partial charge in [0.25, 0.3) is 0 Å². The van der Waals surface area contributed by atoms with Crippen molar-refractivity contribution in [1.82, 2.24) is 0 Å². The van der Waals surface area contributed by atoms with Crippen LogP contribution in [-0.2, 0) is 10.1 Å². The van der Waals surface area contributed by atoms with Crippen LogP contribution >= 0.6 is 0 Å². The van der Waals surface area contributed by atoms with Gasteiger partial charge in [0.15, 0.2) is 0 Å². The first-order valence-corrected chi connectivity index (χ1v) is 17.6. The standard InChI is InChI=1S/C16H39NO3SSi2/c1-17(2,11-8-9-13-21(18,19)20)12-10-14-23(6,7)16-15-22(3,4)5/h8-16H2,1-7H3. The molecule has 0 aromatic heterocycles. The summed E-state index contributed by atoms with van der Waals surface area (Å²) in [4.78, 5) is 0. The maximum atomic E-state index is 10.6. The maximum Gasteiger partial charge on any atom is 0.0945 e. The summed E-state index contributed by atoms with van der Waals surface area (Å²) in [6.45, 7) is 14.5. The Morgan fingerprint density at radius 2 is 1.35 bits per heavy atom. The molecular weight excluding hydrogens is 342 g/mol. The second-order valence-corrected chi connectivity index (χ2v) is 22.2. The minimum absolute atomic E-state index is 0.219. The molecule has 0 aromatic carbocycles. The molecule has 0 aliphatic carbocycles. The van der Waals surface area contributed by atoms with E-state index in [0.29, 0.717) is 6.42 Å². The Balaban J connectivity index is 4.04. The van der Waals surface area contributed by atoms with Crippen LogP contribution in [0.3, 0.4) is 0 Å². The lowest BCUT2D eigenvalue weighted by Crippen LogP contribution is -2.42. The molecule has 0 aliphatic rings. The van der Waals surface area contributed by atoms with Crippen LogP contribution in [0.5, 0.6) is 0 Å². The topological polar surface area (TPSA) is 57.2 Å². The van der Waals surface area contributed by atoms with Crippen molar-refractivity contribution in [3.8, 4) is 0 Å². The van der Waals surface area contributed by atoms with E-state index in [9.17, 15) is 13.0 Å². The van der Waals surface area contributed by atoms with Crippen molar-refractivity contribution in [2.24, 2.45) is 0 Å². The number of rotatable bonds is 12. The number of hydrogen-bond acceptors (Lipinski definition) is 3. The first-order valence-electron chi connectivity index (χ1n) is 8.88. The monoisotopic (exact) mass is 381 g/mol. The lowest BCUT2D eigenvalue weighted by molar-refractivity contribution is -0.890. The molecule has 0 saturated carbocycles. The van der Waals surface area contributed by atoms with Gasteiger partial charge in [-0.05, 0) is 19.3 Å². The molecule has 0 amide bonds. The molecule has 0 fully saturated rings. The molecule has 0 aromatic rings. The minimum atomic E-state index is -4.04. The Labute approximate surface area is 147 Å². The average molecular weight is 382 g/mol. The molecule has 23 heavy (non-hydrogen) atoms. The molecular formula is C16H39NO3SSi2. The Kier molecular flexibility index (Phi) is 9.25. The number of quaternary nitrogens is 1. The number of nitrogens with zero attached hydrogens (tertiary/aromatic N) is 1. The van der Waals surface area contributed by atoms with Crippen LogP contribution in [0.25, 0.3) is 0 Å². The van der Waals surface area contributed by atoms with Crippen molar-refractivity contribution in [1.29, 1.82) is 0 Å². The van der Waals surface area contributed by atoms with Crippen LogP contribution in [0, 0.1) is 0 Å². The maximum absolute atomic E-state index is 10.6. The van der Waals surface area contributed by atoms with Crippen LogP contribution < -0.4 is 0 Å². The van der Waals surface area contributed by atoms with Gasteiger partial charge >= 0.3 is 0 Å². The molecule has 0 bridgehead atoms. The van der Waals surface area contributed by atoms with Gasteiger partial charge in [-0.2, -0.15) is 0 Å². The smallest absolute Gasteiger partial charge is 0.0945 e. The van der Waals surface area contributed by atoms with E-state index in [1.165, 1.54) is 24.6 Å². The lowest BCUT2D eigenvalue weighted by atomic mass is 10.3. The third-order valence-corrected chi connectivity index (χ3v) is 10.9. The third kappa shape index (κ3) is 15.6. The average Bonchev–Trinajstić information content (AvgIpc) is 2.30. The van der Waals surface area contributed by atoms with Crippen LogP contribution in [-0.4, -0.2) is 66.5 Å². The van der Waals surface area contributed by atoms with Gasteiger partial charge in [0, 0.05) is 21.9 Å². The van der Waals surface area contributed by atoms with Crippen LogP contribution in [0.2, 0.25) is 50.9 Å². The highest BCUT2D eigenvalue weighted by atomic mass is 32.2. The lowest BCUT2D eigenvalue weighted by Gasteiger charge is -2.32. The summed E-state index contributed by atoms with van der Waals surface area (Å²) in [6.07, 6.45) is 2.56. The molecule has 0 heterocycles. The quantitative estimate of drug-likeness (QED) is 0.223. The van der Waals surface area contributed by atoms with Gasteiger partial charge in [0.2, 0.25) is 0 Å². The molecule has 140 valence electrons. The van der Waals surface area contributed by atoms with Crippen molar-refractivity contribution in [3.05, 3.63) is 0 Å². The predicted molar refractivity (Wildman–Crippen MR) is 106 cm³/mol. The Morgan fingerprint density at radius 3 is 1.83 bits per heavy atom. The Bertz CT molecular complexity index is 443. The number of hydrogen-bond donors (Lipinski definition) is 0. The van der Waals surface area contributed by atoms with Gasteiger partial charge < -0.3 is 9.04 Å². The minimum Gasteiger partial charge on any atom is -0.748 e. The molecule has 0 saturated heterocycles. The van der Waals surface area contributed by atoms with Gasteiger partial charge in [0.1, 0.15) is 0 Å². The highest BCUT2D eigenvalue weighted by Gasteiger charge is 2.25. The normalized spacial score (nSPS) is 14.3. The summed E-state index contributed by atoms with van der Waals surface area (Å²) in [5, 5.41) is 0. The Hall–Kier alpha value is 0.304. The molecule has 7 heteroatoms. The van der Waals surface area contributed by atoms with Crippen LogP contribution in [0.1, 0.15) is 19.3 Å². The fourth-order valence-electron chi connectivity index (χ4n) is 2.75. The summed E-state index contributed by atoms with van der Waals surface area (Å²) in [5.74, 6) is -0.219. The second kappa shape index (κ2) is 9.13. The largest absolute Gasteiger partial charge is 0.748 e. The van der Waals surface area contributed by atoms with Crippen molar-refractivity contribution < 1.29 is 17.5 Å². The van der Waals surface area contributed by atoms with E-state index in [1.807, 2.05) is 0 Å². The summed E-state index contributed by atoms with van der Waals surface area (Å²) < 4.78 is 32.8. The van der Waals surface area contributed by atoms with Gasteiger partial charge in [-0.3, -0.25) is 0 Å². The van der Waals surface area contributed by atoms with Crippen molar-refractivity contribution in [2.75, 3.05) is 32.9 Å². The van der Waals surface area contributed by atoms with Crippen molar-refractivity contribution in [2.45, 2.75) is 70.1 Å². The van der Waals surface area contributed by atoms with E-state index in [0.717, 1.165) is 24.0 Å². The Morgan fingerprint density at radius 1 is 0.826 bits per heavy atom. The SMILES string of the molecule is C[N+](C)(CCCCS(=O)(=O)[O-])CCC[Si](C)(C)CC[Si](C)(C)C. The van der Waals surface area contributed by atoms with Gasteiger partial charge in [-0.15, -0.1) is 0 Å². The van der Waals surface area contributed by atoms with E-state index in [2.05, 4.69) is 46.8 Å². The van der Waals surface area contributed by atoms with Crippen molar-refractivity contribution >= 4 is 26.3 Å². The zero-order valence-electron chi connectivity index (χ0n) is 16.4. The van der Waals surface area contributed by atoms with E-state index in [4.69, 9.17) is 0 Å². The summed E-state index contributed by atoms with van der Waals surface area (Å²) in [7, 11) is -1.62. The zero-order chi connectivity index (χ0) is 18.4. The zero-order valence-corrected chi connectivity index (χ0v) is 19.3. The van der Waals surface area contributed by atoms with E-state index < -0.39 is 26.3 Å². The number of unbranched alkanes of at least 4 members (excludes halogenated alkanes) is 1. The molecule has 0 radical (unpaired) electrons.